The molecule has 0 aromatic rings. The molecule has 4 nitrogen and oxygen atoms in total. The Morgan fingerprint density at radius 1 is 1.58 bits per heavy atom. The molecule has 1 aliphatic heterocycles. The summed E-state index contributed by atoms with van der Waals surface area (Å²) in [7, 11) is 0. The molecule has 0 saturated carbocycles. The minimum atomic E-state index is -2.66. The van der Waals surface area contributed by atoms with Crippen LogP contribution < -0.4 is 0 Å². The molecule has 2 unspecified atom stereocenters. The molecule has 0 amide bonds. The maximum atomic E-state index is 13.2. The van der Waals surface area contributed by atoms with Gasteiger partial charge in [0.2, 0.25) is 0 Å². The van der Waals surface area contributed by atoms with Gasteiger partial charge in [-0.05, 0) is 26.2 Å². The number of halogens is 2. The average Bonchev–Trinajstić information content (AvgIpc) is 2.59. The van der Waals surface area contributed by atoms with Gasteiger partial charge in [-0.1, -0.05) is 6.92 Å². The number of hydrogen-bond acceptors (Lipinski definition) is 3. The van der Waals surface area contributed by atoms with Crippen molar-refractivity contribution < 1.29 is 18.7 Å². The molecule has 0 radical (unpaired) electrons. The zero-order valence-electron chi connectivity index (χ0n) is 11.5. The minimum absolute atomic E-state index is 0.161. The molecule has 0 bridgehead atoms. The van der Waals surface area contributed by atoms with Crippen LogP contribution in [0.2, 0.25) is 0 Å². The number of carboxylic acids is 1. The van der Waals surface area contributed by atoms with Crippen LogP contribution in [0.1, 0.15) is 33.6 Å². The summed E-state index contributed by atoms with van der Waals surface area (Å²) in [6.07, 6.45) is 0.235. The Labute approximate surface area is 112 Å². The van der Waals surface area contributed by atoms with Crippen molar-refractivity contribution in [2.45, 2.75) is 45.1 Å². The summed E-state index contributed by atoms with van der Waals surface area (Å²) < 4.78 is 26.5. The molecular formula is C13H20F2N2O2. The van der Waals surface area contributed by atoms with Crippen LogP contribution in [0.15, 0.2) is 0 Å². The van der Waals surface area contributed by atoms with Crippen LogP contribution >= 0.6 is 0 Å². The van der Waals surface area contributed by atoms with Gasteiger partial charge in [-0.3, -0.25) is 9.69 Å². The first-order valence-electron chi connectivity index (χ1n) is 6.34. The van der Waals surface area contributed by atoms with Gasteiger partial charge in [0.15, 0.2) is 0 Å². The van der Waals surface area contributed by atoms with Crippen LogP contribution in [0, 0.1) is 23.2 Å². The number of likely N-dealkylation sites (tertiary alicyclic amines) is 1. The molecule has 108 valence electrons. The number of nitriles is 1. The predicted molar refractivity (Wildman–Crippen MR) is 65.7 cm³/mol. The predicted octanol–water partition coefficient (Wildman–Crippen LogP) is 2.36. The van der Waals surface area contributed by atoms with E-state index in [1.165, 1.54) is 0 Å². The molecular weight excluding hydrogens is 254 g/mol. The topological polar surface area (TPSA) is 64.3 Å². The van der Waals surface area contributed by atoms with Gasteiger partial charge < -0.3 is 5.11 Å². The maximum absolute atomic E-state index is 13.2. The highest BCUT2D eigenvalue weighted by molar-refractivity contribution is 5.73. The lowest BCUT2D eigenvalue weighted by Gasteiger charge is -2.37. The normalized spacial score (nSPS) is 22.7. The van der Waals surface area contributed by atoms with E-state index in [1.807, 2.05) is 13.8 Å². The van der Waals surface area contributed by atoms with Crippen molar-refractivity contribution in [2.24, 2.45) is 11.8 Å². The SMILES string of the molecule is CC(CC(C)(C)N1CCC(F)(F)C1)C(C#N)C(=O)O. The van der Waals surface area contributed by atoms with Crippen molar-refractivity contribution in [3.63, 3.8) is 0 Å². The lowest BCUT2D eigenvalue weighted by Crippen LogP contribution is -2.45. The number of rotatable bonds is 5. The van der Waals surface area contributed by atoms with Crippen molar-refractivity contribution in [1.29, 1.82) is 5.26 Å². The third-order valence-corrected chi connectivity index (χ3v) is 3.82. The molecule has 19 heavy (non-hydrogen) atoms. The zero-order valence-corrected chi connectivity index (χ0v) is 11.5. The van der Waals surface area contributed by atoms with Crippen molar-refractivity contribution in [3.05, 3.63) is 0 Å². The Bertz CT molecular complexity index is 391. The number of aliphatic carboxylic acids is 1. The van der Waals surface area contributed by atoms with Crippen LogP contribution in [0.3, 0.4) is 0 Å². The standard InChI is InChI=1S/C13H20F2N2O2/c1-9(10(7-16)11(18)19)6-12(2,3)17-5-4-13(14,15)8-17/h9-10H,4-6,8H2,1-3H3,(H,18,19). The molecule has 0 spiro atoms. The average molecular weight is 274 g/mol. The summed E-state index contributed by atoms with van der Waals surface area (Å²) in [6, 6.07) is 1.76. The molecule has 1 aliphatic rings. The number of carboxylic acid groups (broad SMARTS) is 1. The molecule has 6 heteroatoms. The Morgan fingerprint density at radius 2 is 2.16 bits per heavy atom. The van der Waals surface area contributed by atoms with Gasteiger partial charge in [0.25, 0.3) is 5.92 Å². The summed E-state index contributed by atoms with van der Waals surface area (Å²) >= 11 is 0. The highest BCUT2D eigenvalue weighted by Crippen LogP contribution is 2.35. The number of carbonyl (C=O) groups is 1. The van der Waals surface area contributed by atoms with Gasteiger partial charge in [-0.2, -0.15) is 5.26 Å². The number of nitrogens with zero attached hydrogens (tertiary/aromatic N) is 2. The fourth-order valence-electron chi connectivity index (χ4n) is 2.71. The Morgan fingerprint density at radius 3 is 2.53 bits per heavy atom. The fraction of sp³-hybridized carbons (Fsp3) is 0.846. The van der Waals surface area contributed by atoms with E-state index in [4.69, 9.17) is 10.4 Å². The van der Waals surface area contributed by atoms with E-state index >= 15 is 0 Å². The van der Waals surface area contributed by atoms with E-state index < -0.39 is 23.3 Å². The molecule has 1 rings (SSSR count). The van der Waals surface area contributed by atoms with Crippen molar-refractivity contribution in [3.8, 4) is 6.07 Å². The highest BCUT2D eigenvalue weighted by Gasteiger charge is 2.44. The zero-order chi connectivity index (χ0) is 14.8. The minimum Gasteiger partial charge on any atom is -0.480 e. The molecule has 1 heterocycles. The fourth-order valence-corrected chi connectivity index (χ4v) is 2.71. The summed E-state index contributed by atoms with van der Waals surface area (Å²) in [4.78, 5) is 12.6. The van der Waals surface area contributed by atoms with E-state index in [2.05, 4.69) is 0 Å². The van der Waals surface area contributed by atoms with Crippen LogP contribution in [-0.4, -0.2) is 40.5 Å². The highest BCUT2D eigenvalue weighted by atomic mass is 19.3. The molecule has 1 saturated heterocycles. The van der Waals surface area contributed by atoms with Crippen molar-refractivity contribution in [1.82, 2.24) is 4.90 Å². The number of alkyl halides is 2. The Hall–Kier alpha value is -1.22. The van der Waals surface area contributed by atoms with Gasteiger partial charge >= 0.3 is 5.97 Å². The molecule has 0 aliphatic carbocycles. The van der Waals surface area contributed by atoms with Crippen LogP contribution in [0.4, 0.5) is 8.78 Å². The Balaban J connectivity index is 2.70. The van der Waals surface area contributed by atoms with Crippen molar-refractivity contribution in [2.75, 3.05) is 13.1 Å². The monoisotopic (exact) mass is 274 g/mol. The lowest BCUT2D eigenvalue weighted by atomic mass is 9.83. The second-order valence-electron chi connectivity index (χ2n) is 5.97. The third kappa shape index (κ3) is 3.87. The second kappa shape index (κ2) is 5.41. The largest absolute Gasteiger partial charge is 0.480 e. The van der Waals surface area contributed by atoms with Gasteiger partial charge in [-0.25, -0.2) is 8.78 Å². The quantitative estimate of drug-likeness (QED) is 0.836. The van der Waals surface area contributed by atoms with Crippen molar-refractivity contribution >= 4 is 5.97 Å². The second-order valence-corrected chi connectivity index (χ2v) is 5.97. The Kier molecular flexibility index (Phi) is 4.51. The first kappa shape index (κ1) is 15.8. The molecule has 2 atom stereocenters. The molecule has 1 N–H and O–H groups in total. The van der Waals surface area contributed by atoms with E-state index in [1.54, 1.807) is 17.9 Å². The number of hydrogen-bond donors (Lipinski definition) is 1. The van der Waals surface area contributed by atoms with Crippen LogP contribution in [-0.2, 0) is 4.79 Å². The lowest BCUT2D eigenvalue weighted by molar-refractivity contribution is -0.141. The summed E-state index contributed by atoms with van der Waals surface area (Å²) in [5, 5.41) is 17.8. The smallest absolute Gasteiger partial charge is 0.321 e. The van der Waals surface area contributed by atoms with E-state index in [0.29, 0.717) is 13.0 Å². The van der Waals surface area contributed by atoms with E-state index in [9.17, 15) is 13.6 Å². The van der Waals surface area contributed by atoms with Gasteiger partial charge in [-0.15, -0.1) is 0 Å². The van der Waals surface area contributed by atoms with E-state index in [0.717, 1.165) is 0 Å². The molecule has 1 fully saturated rings. The molecule has 0 aromatic heterocycles. The maximum Gasteiger partial charge on any atom is 0.321 e. The van der Waals surface area contributed by atoms with E-state index in [-0.39, 0.29) is 18.9 Å². The van der Waals surface area contributed by atoms with Gasteiger partial charge in [0, 0.05) is 18.5 Å². The third-order valence-electron chi connectivity index (χ3n) is 3.82. The molecule has 0 aromatic carbocycles. The first-order valence-corrected chi connectivity index (χ1v) is 6.34. The summed E-state index contributed by atoms with van der Waals surface area (Å²) in [6.45, 7) is 5.33. The first-order chi connectivity index (χ1) is 8.59. The summed E-state index contributed by atoms with van der Waals surface area (Å²) in [5.41, 5.74) is -0.538. The van der Waals surface area contributed by atoms with Crippen LogP contribution in [0.25, 0.3) is 0 Å². The van der Waals surface area contributed by atoms with Gasteiger partial charge in [0.05, 0.1) is 12.6 Å². The summed E-state index contributed by atoms with van der Waals surface area (Å²) in [5.74, 6) is -5.30. The van der Waals surface area contributed by atoms with Crippen LogP contribution in [0.5, 0.6) is 0 Å². The van der Waals surface area contributed by atoms with Gasteiger partial charge in [0.1, 0.15) is 5.92 Å².